The summed E-state index contributed by atoms with van der Waals surface area (Å²) in [6.45, 7) is 12.0. The lowest BCUT2D eigenvalue weighted by Crippen LogP contribution is -2.55. The first-order chi connectivity index (χ1) is 13.5. The van der Waals surface area contributed by atoms with Crippen molar-refractivity contribution in [2.75, 3.05) is 0 Å². The monoisotopic (exact) mass is 397 g/mol. The number of allylic oxidation sites excluding steroid dienone is 1. The summed E-state index contributed by atoms with van der Waals surface area (Å²) in [4.78, 5) is 36.9. The maximum absolute atomic E-state index is 12.9. The minimum absolute atomic E-state index is 0.0210. The van der Waals surface area contributed by atoms with Crippen molar-refractivity contribution in [2.24, 2.45) is 39.9 Å². The minimum Gasteiger partial charge on any atom is -0.299 e. The molecule has 0 aromatic heterocycles. The first-order valence-corrected chi connectivity index (χ1v) is 11.1. The topological polar surface area (TPSA) is 71.1 Å². The average molecular weight is 398 g/mol. The molecule has 0 heterocycles. The van der Waals surface area contributed by atoms with Crippen LogP contribution in [0.4, 0.5) is 0 Å². The average Bonchev–Trinajstić information content (AvgIpc) is 2.95. The van der Waals surface area contributed by atoms with E-state index >= 15 is 0 Å². The highest BCUT2D eigenvalue weighted by molar-refractivity contribution is 5.99. The van der Waals surface area contributed by atoms with Gasteiger partial charge in [-0.2, -0.15) is 0 Å². The van der Waals surface area contributed by atoms with Crippen LogP contribution in [0.1, 0.15) is 72.6 Å². The molecule has 0 saturated heterocycles. The second kappa shape index (κ2) is 6.39. The van der Waals surface area contributed by atoms with Crippen molar-refractivity contribution in [3.63, 3.8) is 0 Å². The first kappa shape index (κ1) is 20.6. The zero-order valence-corrected chi connectivity index (χ0v) is 18.2. The van der Waals surface area contributed by atoms with Gasteiger partial charge in [0, 0.05) is 12.0 Å². The summed E-state index contributed by atoms with van der Waals surface area (Å²) in [5, 5.41) is 11.8. The Morgan fingerprint density at radius 2 is 1.76 bits per heavy atom. The van der Waals surface area contributed by atoms with Crippen molar-refractivity contribution >= 4 is 17.5 Å². The molecule has 0 aromatic carbocycles. The van der Waals surface area contributed by atoms with Crippen LogP contribution in [0.25, 0.3) is 0 Å². The summed E-state index contributed by atoms with van der Waals surface area (Å²) in [7, 11) is 0. The van der Waals surface area contributed by atoms with Crippen LogP contribution in [-0.2, 0) is 19.5 Å². The quantitative estimate of drug-likeness (QED) is 0.639. The molecule has 0 amide bonds. The highest BCUT2D eigenvalue weighted by atomic mass is 16.4. The van der Waals surface area contributed by atoms with Crippen LogP contribution in [0, 0.1) is 39.9 Å². The van der Waals surface area contributed by atoms with E-state index in [1.807, 2.05) is 6.08 Å². The first-order valence-electron chi connectivity index (χ1n) is 11.1. The summed E-state index contributed by atoms with van der Waals surface area (Å²) >= 11 is 0. The predicted molar refractivity (Wildman–Crippen MR) is 109 cm³/mol. The standard InChI is InChI=1S/C25H33O4/c1-14(22(28)29)25(15(2)26)11-9-20-19-13-23(3,4)21-12-16(27)6-7-18(21)17(19)8-10-24(20,25)5/h12,17-20H,1,6-11,13H2,2-5H3/t17?,18-,19?,20?,24+,25-/m1/s1. The van der Waals surface area contributed by atoms with Gasteiger partial charge in [0.05, 0.1) is 5.41 Å². The van der Waals surface area contributed by atoms with E-state index in [0.717, 1.165) is 32.1 Å². The highest BCUT2D eigenvalue weighted by Gasteiger charge is 2.67. The van der Waals surface area contributed by atoms with E-state index in [1.165, 1.54) is 12.5 Å². The number of fused-ring (bicyclic) bond motifs is 5. The number of carbonyl (C=O) groups excluding carboxylic acids is 3. The number of hydrogen-bond donors (Lipinski definition) is 0. The number of carbonyl (C=O) groups is 3. The van der Waals surface area contributed by atoms with E-state index in [0.29, 0.717) is 36.5 Å². The van der Waals surface area contributed by atoms with Gasteiger partial charge < -0.3 is 0 Å². The van der Waals surface area contributed by atoms with Crippen LogP contribution in [0.5, 0.6) is 0 Å². The zero-order valence-electron chi connectivity index (χ0n) is 18.2. The number of ketones is 2. The van der Waals surface area contributed by atoms with E-state index < -0.39 is 11.4 Å². The Bertz CT molecular complexity index is 834. The second-order valence-electron chi connectivity index (χ2n) is 11.0. The molecule has 0 aliphatic heterocycles. The number of hydrogen-bond acceptors (Lipinski definition) is 3. The molecular formula is C25H33O4. The van der Waals surface area contributed by atoms with Gasteiger partial charge in [-0.1, -0.05) is 32.9 Å². The van der Waals surface area contributed by atoms with Gasteiger partial charge in [-0.25, -0.2) is 9.90 Å². The van der Waals surface area contributed by atoms with E-state index in [1.54, 1.807) is 0 Å². The van der Waals surface area contributed by atoms with Crippen molar-refractivity contribution in [1.29, 1.82) is 0 Å². The van der Waals surface area contributed by atoms with Crippen LogP contribution in [-0.4, -0.2) is 17.5 Å². The van der Waals surface area contributed by atoms with Gasteiger partial charge in [-0.05, 0) is 86.0 Å². The molecule has 6 atom stereocenters. The van der Waals surface area contributed by atoms with Gasteiger partial charge in [0.2, 0.25) is 0 Å². The summed E-state index contributed by atoms with van der Waals surface area (Å²) in [6, 6.07) is 0. The second-order valence-corrected chi connectivity index (χ2v) is 11.0. The van der Waals surface area contributed by atoms with Crippen LogP contribution in [0.3, 0.4) is 0 Å². The lowest BCUT2D eigenvalue weighted by Gasteiger charge is -2.59. The van der Waals surface area contributed by atoms with Crippen molar-refractivity contribution in [1.82, 2.24) is 0 Å². The Balaban J connectivity index is 1.76. The lowest BCUT2D eigenvalue weighted by molar-refractivity contribution is -0.148. The molecular weight excluding hydrogens is 364 g/mol. The Morgan fingerprint density at radius 1 is 1.07 bits per heavy atom. The minimum atomic E-state index is -1.29. The highest BCUT2D eigenvalue weighted by Crippen LogP contribution is 2.71. The van der Waals surface area contributed by atoms with Gasteiger partial charge >= 0.3 is 5.97 Å². The largest absolute Gasteiger partial charge is 0.382 e. The van der Waals surface area contributed by atoms with Crippen molar-refractivity contribution in [2.45, 2.75) is 72.6 Å². The number of rotatable bonds is 3. The van der Waals surface area contributed by atoms with E-state index in [4.69, 9.17) is 0 Å². The van der Waals surface area contributed by atoms with Crippen molar-refractivity contribution in [3.8, 4) is 0 Å². The van der Waals surface area contributed by atoms with Crippen molar-refractivity contribution < 1.29 is 19.5 Å². The third kappa shape index (κ3) is 2.60. The van der Waals surface area contributed by atoms with Crippen LogP contribution in [0.2, 0.25) is 0 Å². The summed E-state index contributed by atoms with van der Waals surface area (Å²) < 4.78 is 0. The Labute approximate surface area is 173 Å². The summed E-state index contributed by atoms with van der Waals surface area (Å²) in [6.07, 6.45) is 7.73. The van der Waals surface area contributed by atoms with Gasteiger partial charge in [0.15, 0.2) is 5.78 Å². The molecule has 4 nitrogen and oxygen atoms in total. The van der Waals surface area contributed by atoms with Gasteiger partial charge in [-0.3, -0.25) is 9.59 Å². The molecule has 4 heteroatoms. The molecule has 4 rings (SSSR count). The van der Waals surface area contributed by atoms with Gasteiger partial charge in [-0.15, -0.1) is 0 Å². The Morgan fingerprint density at radius 3 is 2.38 bits per heavy atom. The molecule has 4 aliphatic carbocycles. The maximum Gasteiger partial charge on any atom is 0.382 e. The molecule has 29 heavy (non-hydrogen) atoms. The molecule has 0 N–H and O–H groups in total. The lowest BCUT2D eigenvalue weighted by atomic mass is 9.44. The molecule has 3 unspecified atom stereocenters. The molecule has 0 spiro atoms. The van der Waals surface area contributed by atoms with Crippen molar-refractivity contribution in [3.05, 3.63) is 23.8 Å². The van der Waals surface area contributed by atoms with Gasteiger partial charge in [0.1, 0.15) is 5.78 Å². The fourth-order valence-corrected chi connectivity index (χ4v) is 8.27. The molecule has 3 fully saturated rings. The molecule has 0 aromatic rings. The molecule has 1 radical (unpaired) electrons. The molecule has 4 aliphatic rings. The molecule has 3 saturated carbocycles. The molecule has 0 bridgehead atoms. The van der Waals surface area contributed by atoms with E-state index in [9.17, 15) is 19.5 Å². The van der Waals surface area contributed by atoms with Gasteiger partial charge in [0.25, 0.3) is 0 Å². The Kier molecular flexibility index (Phi) is 4.53. The third-order valence-electron chi connectivity index (χ3n) is 9.51. The maximum atomic E-state index is 12.9. The fraction of sp³-hybridized carbons (Fsp3) is 0.720. The predicted octanol–water partition coefficient (Wildman–Crippen LogP) is 4.85. The van der Waals surface area contributed by atoms with E-state index in [-0.39, 0.29) is 28.0 Å². The smallest absolute Gasteiger partial charge is 0.299 e. The summed E-state index contributed by atoms with van der Waals surface area (Å²) in [5.41, 5.74) is -0.128. The van der Waals surface area contributed by atoms with Crippen LogP contribution < -0.4 is 0 Å². The number of Topliss-reactive ketones (excluding diaryl/α,β-unsaturated/α-hetero) is 1. The third-order valence-corrected chi connectivity index (χ3v) is 9.51. The normalized spacial score (nSPS) is 42.9. The Hall–Kier alpha value is -1.71. The molecule has 157 valence electrons. The van der Waals surface area contributed by atoms with E-state index in [2.05, 4.69) is 27.4 Å². The summed E-state index contributed by atoms with van der Waals surface area (Å²) in [5.74, 6) is 0.625. The van der Waals surface area contributed by atoms with Crippen LogP contribution >= 0.6 is 0 Å². The SMILES string of the molecule is C=C(C([O])=O)[C@@]1(C(C)=O)CCC2C3CC(C)(C)C4=CC(=O)CC[C@@H]4C3CC[C@@]21C. The zero-order chi connectivity index (χ0) is 21.4. The fourth-order valence-electron chi connectivity index (χ4n) is 8.27. The van der Waals surface area contributed by atoms with Crippen LogP contribution in [0.15, 0.2) is 23.8 Å².